The van der Waals surface area contributed by atoms with Gasteiger partial charge in [-0.3, -0.25) is 14.5 Å². The van der Waals surface area contributed by atoms with Crippen LogP contribution in [0.25, 0.3) is 0 Å². The second-order valence-corrected chi connectivity index (χ2v) is 12.3. The maximum atomic E-state index is 14.3. The molecule has 5 atom stereocenters. The van der Waals surface area contributed by atoms with E-state index < -0.39 is 18.1 Å². The van der Waals surface area contributed by atoms with Crippen LogP contribution in [-0.4, -0.2) is 81.0 Å². The number of aliphatic hydroxyl groups excluding tert-OH is 1. The molecule has 2 heterocycles. The molecule has 1 unspecified atom stereocenters. The number of aliphatic hydroxyl groups is 1. The van der Waals surface area contributed by atoms with Crippen LogP contribution in [-0.2, 0) is 9.59 Å². The normalized spacial score (nSPS) is 19.3. The van der Waals surface area contributed by atoms with Crippen LogP contribution in [0.2, 0.25) is 0 Å². The Kier molecular flexibility index (Phi) is 13.8. The van der Waals surface area contributed by atoms with E-state index in [2.05, 4.69) is 22.1 Å². The van der Waals surface area contributed by atoms with Gasteiger partial charge in [-0.2, -0.15) is 0 Å². The Morgan fingerprint density at radius 3 is 2.46 bits per heavy atom. The first-order valence-electron chi connectivity index (χ1n) is 14.7. The van der Waals surface area contributed by atoms with Crippen molar-refractivity contribution >= 4 is 29.1 Å². The number of aromatic nitrogens is 1. The lowest BCUT2D eigenvalue weighted by Gasteiger charge is -2.40. The lowest BCUT2D eigenvalue weighted by molar-refractivity contribution is -0.142. The fourth-order valence-corrected chi connectivity index (χ4v) is 6.08. The summed E-state index contributed by atoms with van der Waals surface area (Å²) < 4.78 is 0. The maximum Gasteiger partial charge on any atom is 0.355 e. The number of carbonyl (C=O) groups excluding carboxylic acids is 2. The van der Waals surface area contributed by atoms with Gasteiger partial charge in [-0.05, 0) is 44.7 Å². The number of nitrogens with zero attached hydrogens (tertiary/aromatic N) is 3. The molecule has 9 nitrogen and oxygen atoms in total. The molecule has 1 fully saturated rings. The van der Waals surface area contributed by atoms with Gasteiger partial charge in [-0.1, -0.05) is 66.7 Å². The van der Waals surface area contributed by atoms with Crippen LogP contribution in [0.4, 0.5) is 0 Å². The molecule has 10 heteroatoms. The molecule has 0 saturated carbocycles. The lowest BCUT2D eigenvalue weighted by Crippen LogP contribution is -2.58. The van der Waals surface area contributed by atoms with E-state index in [9.17, 15) is 24.6 Å². The van der Waals surface area contributed by atoms with Crippen LogP contribution in [0.1, 0.15) is 114 Å². The van der Waals surface area contributed by atoms with E-state index in [1.165, 1.54) is 5.38 Å². The first-order chi connectivity index (χ1) is 18.5. The number of carbonyl (C=O) groups is 3. The minimum Gasteiger partial charge on any atom is -0.476 e. The number of rotatable bonds is 16. The number of likely N-dealkylation sites (tertiary alicyclic amines) is 1. The molecule has 39 heavy (non-hydrogen) atoms. The summed E-state index contributed by atoms with van der Waals surface area (Å²) in [5, 5.41) is 25.2. The fourth-order valence-electron chi connectivity index (χ4n) is 5.29. The average Bonchev–Trinajstić information content (AvgIpc) is 3.41. The zero-order valence-electron chi connectivity index (χ0n) is 24.7. The molecule has 222 valence electrons. The third kappa shape index (κ3) is 9.53. The Morgan fingerprint density at radius 1 is 1.18 bits per heavy atom. The van der Waals surface area contributed by atoms with E-state index in [0.29, 0.717) is 11.6 Å². The lowest BCUT2D eigenvalue weighted by atomic mass is 9.91. The summed E-state index contributed by atoms with van der Waals surface area (Å²) in [6, 6.07) is -1.18. The average molecular weight is 567 g/mol. The second kappa shape index (κ2) is 16.3. The van der Waals surface area contributed by atoms with E-state index >= 15 is 0 Å². The monoisotopic (exact) mass is 566 g/mol. The van der Waals surface area contributed by atoms with Crippen molar-refractivity contribution in [1.82, 2.24) is 20.1 Å². The van der Waals surface area contributed by atoms with Gasteiger partial charge in [-0.15, -0.1) is 11.3 Å². The van der Waals surface area contributed by atoms with Gasteiger partial charge in [0.15, 0.2) is 5.69 Å². The molecule has 0 radical (unpaired) electrons. The SMILES string of the molecule is CCCCCCN(C(=O)[C@@H](NC(=O)C1CCCCN1C)[C@@H](C)CC)[C@H](C[C@@H](O)c1nc(C(=O)O)cs1)C(C)C. The third-order valence-electron chi connectivity index (χ3n) is 8.05. The maximum absolute atomic E-state index is 14.3. The molecule has 0 spiro atoms. The minimum absolute atomic E-state index is 0.0337. The van der Waals surface area contributed by atoms with Gasteiger partial charge in [-0.25, -0.2) is 9.78 Å². The van der Waals surface area contributed by atoms with Gasteiger partial charge in [0.2, 0.25) is 11.8 Å². The van der Waals surface area contributed by atoms with Crippen molar-refractivity contribution < 1.29 is 24.6 Å². The minimum atomic E-state index is -1.13. The summed E-state index contributed by atoms with van der Waals surface area (Å²) in [5.41, 5.74) is -0.0881. The zero-order valence-corrected chi connectivity index (χ0v) is 25.5. The molecule has 0 aromatic carbocycles. The van der Waals surface area contributed by atoms with E-state index in [4.69, 9.17) is 0 Å². The smallest absolute Gasteiger partial charge is 0.355 e. The molecule has 1 aromatic heterocycles. The van der Waals surface area contributed by atoms with Crippen molar-refractivity contribution in [3.63, 3.8) is 0 Å². The Balaban J connectivity index is 2.32. The van der Waals surface area contributed by atoms with Gasteiger partial charge in [0, 0.05) is 24.4 Å². The molecular formula is C29H50N4O5S. The number of hydrogen-bond donors (Lipinski definition) is 3. The number of carboxylic acids is 1. The van der Waals surface area contributed by atoms with Gasteiger partial charge in [0.1, 0.15) is 17.2 Å². The number of hydrogen-bond acceptors (Lipinski definition) is 7. The summed E-state index contributed by atoms with van der Waals surface area (Å²) in [4.78, 5) is 47.0. The first kappa shape index (κ1) is 33.2. The molecule has 2 rings (SSSR count). The van der Waals surface area contributed by atoms with Crippen molar-refractivity contribution in [3.05, 3.63) is 16.1 Å². The summed E-state index contributed by atoms with van der Waals surface area (Å²) in [5.74, 6) is -1.35. The summed E-state index contributed by atoms with van der Waals surface area (Å²) in [6.45, 7) is 11.7. The van der Waals surface area contributed by atoms with Crippen LogP contribution in [0.3, 0.4) is 0 Å². The number of piperidine rings is 1. The Labute approximate surface area is 238 Å². The summed E-state index contributed by atoms with van der Waals surface area (Å²) >= 11 is 1.12. The van der Waals surface area contributed by atoms with Crippen LogP contribution >= 0.6 is 11.3 Å². The number of thiazole rings is 1. The molecule has 3 N–H and O–H groups in total. The zero-order chi connectivity index (χ0) is 29.1. The van der Waals surface area contributed by atoms with Crippen molar-refractivity contribution in [2.75, 3.05) is 20.1 Å². The van der Waals surface area contributed by atoms with Crippen LogP contribution < -0.4 is 5.32 Å². The highest BCUT2D eigenvalue weighted by Crippen LogP contribution is 2.29. The standard InChI is InChI=1S/C29H50N4O5S/c1-7-9-10-12-16-33(23(19(3)4)17-24(34)27-30-21(18-39-27)29(37)38)28(36)25(20(5)8-2)31-26(35)22-14-11-13-15-32(22)6/h18-20,22-25,34H,7-17H2,1-6H3,(H,31,35)(H,37,38)/t20-,22?,23+,24+,25-/m0/s1. The number of likely N-dealkylation sites (N-methyl/N-ethyl adjacent to an activating group) is 1. The molecule has 0 bridgehead atoms. The topological polar surface area (TPSA) is 123 Å². The highest BCUT2D eigenvalue weighted by molar-refractivity contribution is 7.09. The van der Waals surface area contributed by atoms with Gasteiger partial charge in [0.25, 0.3) is 0 Å². The molecule has 1 saturated heterocycles. The predicted molar refractivity (Wildman–Crippen MR) is 155 cm³/mol. The molecule has 2 amide bonds. The quantitative estimate of drug-likeness (QED) is 0.248. The second-order valence-electron chi connectivity index (χ2n) is 11.4. The van der Waals surface area contributed by atoms with Gasteiger partial charge < -0.3 is 20.4 Å². The van der Waals surface area contributed by atoms with Crippen LogP contribution in [0.5, 0.6) is 0 Å². The predicted octanol–water partition coefficient (Wildman–Crippen LogP) is 4.71. The number of amides is 2. The molecular weight excluding hydrogens is 516 g/mol. The molecule has 0 aliphatic carbocycles. The van der Waals surface area contributed by atoms with E-state index in [1.807, 2.05) is 39.6 Å². The third-order valence-corrected chi connectivity index (χ3v) is 8.99. The van der Waals surface area contributed by atoms with Crippen molar-refractivity contribution in [1.29, 1.82) is 0 Å². The summed E-state index contributed by atoms with van der Waals surface area (Å²) in [6.07, 6.45) is 6.85. The Bertz CT molecular complexity index is 923. The number of aromatic carboxylic acids is 1. The molecule has 1 aliphatic heterocycles. The van der Waals surface area contributed by atoms with E-state index in [-0.39, 0.29) is 47.8 Å². The van der Waals surface area contributed by atoms with Crippen molar-refractivity contribution in [3.8, 4) is 0 Å². The molecule has 1 aromatic rings. The van der Waals surface area contributed by atoms with E-state index in [0.717, 1.165) is 69.2 Å². The first-order valence-corrected chi connectivity index (χ1v) is 15.6. The van der Waals surface area contributed by atoms with Crippen molar-refractivity contribution in [2.45, 2.75) is 117 Å². The number of carboxylic acid groups (broad SMARTS) is 1. The summed E-state index contributed by atoms with van der Waals surface area (Å²) in [7, 11) is 1.97. The van der Waals surface area contributed by atoms with Crippen molar-refractivity contribution in [2.24, 2.45) is 11.8 Å². The van der Waals surface area contributed by atoms with Gasteiger partial charge >= 0.3 is 5.97 Å². The fraction of sp³-hybridized carbons (Fsp3) is 0.793. The van der Waals surface area contributed by atoms with Crippen LogP contribution in [0, 0.1) is 11.8 Å². The molecule has 1 aliphatic rings. The van der Waals surface area contributed by atoms with E-state index in [1.54, 1.807) is 0 Å². The number of nitrogens with one attached hydrogen (secondary N) is 1. The van der Waals surface area contributed by atoms with Gasteiger partial charge in [0.05, 0.1) is 6.04 Å². The Morgan fingerprint density at radius 2 is 1.90 bits per heavy atom. The van der Waals surface area contributed by atoms with Crippen LogP contribution in [0.15, 0.2) is 5.38 Å². The largest absolute Gasteiger partial charge is 0.476 e. The Hall–Kier alpha value is -2.04. The highest BCUT2D eigenvalue weighted by atomic mass is 32.1. The highest BCUT2D eigenvalue weighted by Gasteiger charge is 2.37. The number of unbranched alkanes of at least 4 members (excludes halogenated alkanes) is 3.